The Hall–Kier alpha value is -1.31. The molecule has 0 bridgehead atoms. The molecule has 8 aliphatic carbocycles. The Morgan fingerprint density at radius 1 is 0.875 bits per heavy atom. The van der Waals surface area contributed by atoms with Crippen molar-refractivity contribution in [1.29, 1.82) is 0 Å². The summed E-state index contributed by atoms with van der Waals surface area (Å²) in [5, 5.41) is 58.2. The molecule has 0 aromatic heterocycles. The van der Waals surface area contributed by atoms with Crippen molar-refractivity contribution in [1.82, 2.24) is 0 Å². The molecule has 13 unspecified atom stereocenters. The number of fused-ring (bicyclic) bond motifs is 7. The Bertz CT molecular complexity index is 1430. The van der Waals surface area contributed by atoms with Crippen LogP contribution in [-0.4, -0.2) is 61.3 Å². The average molecular weight is 663 g/mol. The summed E-state index contributed by atoms with van der Waals surface area (Å²) in [5.41, 5.74) is 4.15. The molecule has 0 amide bonds. The second-order valence-electron chi connectivity index (χ2n) is 18.7. The first-order valence-corrected chi connectivity index (χ1v) is 19.9. The molecular weight excluding hydrogens is 600 g/mol. The van der Waals surface area contributed by atoms with Crippen LogP contribution in [0.25, 0.3) is 0 Å². The highest BCUT2D eigenvalue weighted by atomic mass is 16.3. The third-order valence-electron chi connectivity index (χ3n) is 16.5. The zero-order valence-corrected chi connectivity index (χ0v) is 30.0. The molecule has 5 saturated carbocycles. The van der Waals surface area contributed by atoms with E-state index < -0.39 is 34.2 Å². The minimum atomic E-state index is -1.14. The molecule has 5 fully saturated rings. The molecule has 0 saturated heterocycles. The van der Waals surface area contributed by atoms with Crippen LogP contribution in [0.1, 0.15) is 130 Å². The van der Waals surface area contributed by atoms with E-state index in [1.165, 1.54) is 44.1 Å². The van der Waals surface area contributed by atoms with Gasteiger partial charge in [0.1, 0.15) is 0 Å². The number of aliphatic hydroxyl groups excluding tert-OH is 3. The number of ketones is 1. The van der Waals surface area contributed by atoms with Crippen LogP contribution in [-0.2, 0) is 4.79 Å². The summed E-state index contributed by atoms with van der Waals surface area (Å²) < 4.78 is 0. The Kier molecular flexibility index (Phi) is 8.17. The summed E-state index contributed by atoms with van der Waals surface area (Å²) in [6.07, 6.45) is 14.3. The van der Waals surface area contributed by atoms with Crippen LogP contribution in [0.2, 0.25) is 0 Å². The minimum absolute atomic E-state index is 0.00194. The summed E-state index contributed by atoms with van der Waals surface area (Å²) in [6, 6.07) is 0. The molecule has 8 rings (SSSR count). The number of aliphatic hydroxyl groups is 5. The van der Waals surface area contributed by atoms with E-state index in [4.69, 9.17) is 0 Å². The fourth-order valence-corrected chi connectivity index (χ4v) is 14.5. The van der Waals surface area contributed by atoms with Gasteiger partial charge in [0.05, 0.1) is 23.4 Å². The summed E-state index contributed by atoms with van der Waals surface area (Å²) in [7, 11) is 0. The van der Waals surface area contributed by atoms with Crippen LogP contribution in [0, 0.1) is 58.2 Å². The van der Waals surface area contributed by atoms with Crippen molar-refractivity contribution in [3.8, 4) is 0 Å². The summed E-state index contributed by atoms with van der Waals surface area (Å²) >= 11 is 0. The molecule has 0 aromatic rings. The Morgan fingerprint density at radius 2 is 1.65 bits per heavy atom. The molecule has 6 nitrogen and oxygen atoms in total. The van der Waals surface area contributed by atoms with Gasteiger partial charge in [-0.2, -0.15) is 0 Å². The van der Waals surface area contributed by atoms with Crippen molar-refractivity contribution in [3.63, 3.8) is 0 Å². The van der Waals surface area contributed by atoms with Crippen molar-refractivity contribution >= 4 is 5.78 Å². The number of hydrogen-bond donors (Lipinski definition) is 5. The maximum absolute atomic E-state index is 13.8. The van der Waals surface area contributed by atoms with Gasteiger partial charge in [0, 0.05) is 29.8 Å². The first-order valence-electron chi connectivity index (χ1n) is 19.9. The zero-order valence-electron chi connectivity index (χ0n) is 30.0. The maximum Gasteiger partial charge on any atom is 0.159 e. The molecule has 0 radical (unpaired) electrons. The van der Waals surface area contributed by atoms with Crippen molar-refractivity contribution in [2.24, 2.45) is 58.2 Å². The number of hydrogen-bond acceptors (Lipinski definition) is 6. The smallest absolute Gasteiger partial charge is 0.159 e. The molecule has 13 atom stereocenters. The van der Waals surface area contributed by atoms with E-state index in [0.29, 0.717) is 43.4 Å². The average Bonchev–Trinajstić information content (AvgIpc) is 3.33. The van der Waals surface area contributed by atoms with Gasteiger partial charge in [-0.25, -0.2) is 0 Å². The van der Waals surface area contributed by atoms with Crippen LogP contribution in [0.15, 0.2) is 33.9 Å². The number of rotatable bonds is 5. The van der Waals surface area contributed by atoms with Gasteiger partial charge in [-0.3, -0.25) is 4.79 Å². The van der Waals surface area contributed by atoms with E-state index >= 15 is 0 Å². The number of carbonyl (C=O) groups is 1. The molecular formula is C42H62O6. The van der Waals surface area contributed by atoms with Gasteiger partial charge < -0.3 is 25.5 Å². The lowest BCUT2D eigenvalue weighted by Crippen LogP contribution is -2.63. The molecule has 0 heterocycles. The summed E-state index contributed by atoms with van der Waals surface area (Å²) in [4.78, 5) is 13.8. The standard InChI is InChI=1S/C42H62O6/c1-23(2)36-26-11-6-5-10-25(26)27-12-7-9-24-19-30(41(47,15-8-18-43)38(36)37(24)27)29-14-17-42(48)31-20-33(44)32-21-34(45)35(46)22-39(32,3)28(31)13-16-40(29,42)4/h20,23-25,28-30,32,34-35,38,43,45-48H,5-19,21-22H2,1-4H3. The van der Waals surface area contributed by atoms with Gasteiger partial charge in [0.2, 0.25) is 0 Å². The lowest BCUT2D eigenvalue weighted by Gasteiger charge is -2.63. The van der Waals surface area contributed by atoms with E-state index in [9.17, 15) is 30.3 Å². The summed E-state index contributed by atoms with van der Waals surface area (Å²) in [5.74, 6) is 1.14. The van der Waals surface area contributed by atoms with E-state index in [1.54, 1.807) is 22.8 Å². The van der Waals surface area contributed by atoms with Gasteiger partial charge in [-0.05, 0) is 143 Å². The molecule has 6 heteroatoms. The fourth-order valence-electron chi connectivity index (χ4n) is 14.5. The van der Waals surface area contributed by atoms with Crippen LogP contribution in [0.4, 0.5) is 0 Å². The van der Waals surface area contributed by atoms with Crippen LogP contribution in [0.3, 0.4) is 0 Å². The zero-order chi connectivity index (χ0) is 34.0. The SMILES string of the molecule is CC(C)C1=C2CCCCC2C2=C3C(CCC2)CC(C2CCC4(O)C5=CC(=O)C6CC(O)C(O)CC6(C)C5CCC24C)C(O)(CCCO)C13. The third kappa shape index (κ3) is 4.43. The number of carbonyl (C=O) groups excluding carboxylic acids is 1. The first-order chi connectivity index (χ1) is 22.8. The molecule has 8 aliphatic rings. The Balaban J connectivity index is 1.22. The van der Waals surface area contributed by atoms with Gasteiger partial charge in [0.15, 0.2) is 5.78 Å². The second-order valence-corrected chi connectivity index (χ2v) is 18.7. The lowest BCUT2D eigenvalue weighted by molar-refractivity contribution is -0.166. The molecule has 48 heavy (non-hydrogen) atoms. The number of allylic oxidation sites excluding steroid dienone is 3. The Morgan fingerprint density at radius 3 is 2.40 bits per heavy atom. The predicted molar refractivity (Wildman–Crippen MR) is 185 cm³/mol. The van der Waals surface area contributed by atoms with Gasteiger partial charge in [0.25, 0.3) is 0 Å². The second kappa shape index (κ2) is 11.6. The van der Waals surface area contributed by atoms with Gasteiger partial charge in [-0.1, -0.05) is 56.4 Å². The highest BCUT2D eigenvalue weighted by molar-refractivity contribution is 5.95. The largest absolute Gasteiger partial charge is 0.396 e. The molecule has 0 aliphatic heterocycles. The van der Waals surface area contributed by atoms with Crippen molar-refractivity contribution in [2.75, 3.05) is 6.61 Å². The summed E-state index contributed by atoms with van der Waals surface area (Å²) in [6.45, 7) is 9.13. The van der Waals surface area contributed by atoms with E-state index in [1.807, 2.05) is 0 Å². The highest BCUT2D eigenvalue weighted by Gasteiger charge is 2.70. The Labute approximate surface area is 288 Å². The van der Waals surface area contributed by atoms with Crippen molar-refractivity contribution in [3.05, 3.63) is 33.9 Å². The van der Waals surface area contributed by atoms with Gasteiger partial charge >= 0.3 is 0 Å². The van der Waals surface area contributed by atoms with Crippen LogP contribution < -0.4 is 0 Å². The fraction of sp³-hybridized carbons (Fsp3) is 0.833. The van der Waals surface area contributed by atoms with Gasteiger partial charge in [-0.15, -0.1) is 0 Å². The highest BCUT2D eigenvalue weighted by Crippen LogP contribution is 2.71. The lowest BCUT2D eigenvalue weighted by atomic mass is 9.43. The first kappa shape index (κ1) is 33.8. The molecule has 5 N–H and O–H groups in total. The molecule has 266 valence electrons. The van der Waals surface area contributed by atoms with E-state index in [-0.39, 0.29) is 48.4 Å². The maximum atomic E-state index is 13.8. The van der Waals surface area contributed by atoms with Crippen molar-refractivity contribution < 1.29 is 30.3 Å². The quantitative estimate of drug-likeness (QED) is 0.212. The van der Waals surface area contributed by atoms with E-state index in [0.717, 1.165) is 37.7 Å². The molecule has 0 spiro atoms. The predicted octanol–water partition coefficient (Wildman–Crippen LogP) is 6.58. The third-order valence-corrected chi connectivity index (χ3v) is 16.5. The normalized spacial score (nSPS) is 50.0. The minimum Gasteiger partial charge on any atom is -0.396 e. The van der Waals surface area contributed by atoms with Crippen LogP contribution in [0.5, 0.6) is 0 Å². The molecule has 0 aromatic carbocycles. The van der Waals surface area contributed by atoms with E-state index in [2.05, 4.69) is 27.7 Å². The topological polar surface area (TPSA) is 118 Å². The van der Waals surface area contributed by atoms with Crippen LogP contribution >= 0.6 is 0 Å². The van der Waals surface area contributed by atoms with Crippen molar-refractivity contribution in [2.45, 2.75) is 154 Å². The monoisotopic (exact) mass is 662 g/mol.